The fourth-order valence-corrected chi connectivity index (χ4v) is 1.82. The molecule has 92 valence electrons. The first-order valence-electron chi connectivity index (χ1n) is 4.58. The molecule has 0 N–H and O–H groups in total. The Balaban J connectivity index is 3.33. The Labute approximate surface area is 107 Å². The van der Waals surface area contributed by atoms with Gasteiger partial charge >= 0.3 is 5.97 Å². The van der Waals surface area contributed by atoms with E-state index in [2.05, 4.69) is 4.74 Å². The normalized spacial score (nSPS) is 10.1. The van der Waals surface area contributed by atoms with E-state index in [1.165, 1.54) is 19.2 Å². The molecular formula is C10H9Cl2NO4. The average Bonchev–Trinajstić information content (AvgIpc) is 2.30. The molecule has 0 atom stereocenters. The highest BCUT2D eigenvalue weighted by atomic mass is 35.5. The summed E-state index contributed by atoms with van der Waals surface area (Å²) in [5.74, 6) is -0.622. The maximum atomic E-state index is 11.2. The van der Waals surface area contributed by atoms with Crippen molar-refractivity contribution in [1.29, 1.82) is 0 Å². The van der Waals surface area contributed by atoms with Crippen LogP contribution in [0.15, 0.2) is 12.1 Å². The number of nitro benzene ring substituents is 1. The molecule has 0 heterocycles. The third-order valence-electron chi connectivity index (χ3n) is 2.18. The molecule has 0 aliphatic carbocycles. The van der Waals surface area contributed by atoms with Crippen molar-refractivity contribution in [1.82, 2.24) is 0 Å². The molecular weight excluding hydrogens is 269 g/mol. The molecule has 17 heavy (non-hydrogen) atoms. The van der Waals surface area contributed by atoms with E-state index in [-0.39, 0.29) is 28.6 Å². The van der Waals surface area contributed by atoms with Crippen LogP contribution < -0.4 is 0 Å². The first-order chi connectivity index (χ1) is 8.01. The van der Waals surface area contributed by atoms with Crippen molar-refractivity contribution in [3.05, 3.63) is 38.4 Å². The number of hydrogen-bond donors (Lipinski definition) is 0. The standard InChI is InChI=1S/C10H9Cl2NO4/c1-17-9(14)4-7-8(12)3-2-6(5-11)10(7)13(15)16/h2-3H,4-5H2,1H3. The fourth-order valence-electron chi connectivity index (χ4n) is 1.38. The van der Waals surface area contributed by atoms with Crippen molar-refractivity contribution in [2.45, 2.75) is 12.3 Å². The number of hydrogen-bond acceptors (Lipinski definition) is 4. The van der Waals surface area contributed by atoms with Gasteiger partial charge < -0.3 is 4.74 Å². The average molecular weight is 278 g/mol. The zero-order chi connectivity index (χ0) is 13.0. The van der Waals surface area contributed by atoms with Crippen LogP contribution in [0.4, 0.5) is 5.69 Å². The molecule has 0 aliphatic rings. The third kappa shape index (κ3) is 3.08. The van der Waals surface area contributed by atoms with Crippen molar-refractivity contribution < 1.29 is 14.5 Å². The summed E-state index contributed by atoms with van der Waals surface area (Å²) < 4.78 is 4.46. The van der Waals surface area contributed by atoms with Crippen LogP contribution in [-0.4, -0.2) is 18.0 Å². The van der Waals surface area contributed by atoms with Gasteiger partial charge in [0.25, 0.3) is 5.69 Å². The van der Waals surface area contributed by atoms with Gasteiger partial charge in [0.05, 0.1) is 34.9 Å². The van der Waals surface area contributed by atoms with Gasteiger partial charge in [-0.2, -0.15) is 0 Å². The zero-order valence-electron chi connectivity index (χ0n) is 8.91. The molecule has 7 heteroatoms. The van der Waals surface area contributed by atoms with Crippen molar-refractivity contribution in [3.8, 4) is 0 Å². The number of esters is 1. The van der Waals surface area contributed by atoms with Gasteiger partial charge in [0.1, 0.15) is 0 Å². The lowest BCUT2D eigenvalue weighted by Gasteiger charge is -2.07. The maximum absolute atomic E-state index is 11.2. The summed E-state index contributed by atoms with van der Waals surface area (Å²) in [6.07, 6.45) is -0.254. The Bertz CT molecular complexity index is 462. The van der Waals surface area contributed by atoms with E-state index >= 15 is 0 Å². The minimum atomic E-state index is -0.596. The molecule has 0 aliphatic heterocycles. The molecule has 0 amide bonds. The Kier molecular flexibility index (Phi) is 4.72. The molecule has 0 bridgehead atoms. The molecule has 1 aromatic carbocycles. The number of alkyl halides is 1. The summed E-state index contributed by atoms with van der Waals surface area (Å²) in [5, 5.41) is 11.1. The van der Waals surface area contributed by atoms with E-state index < -0.39 is 10.9 Å². The van der Waals surface area contributed by atoms with Gasteiger partial charge in [-0.05, 0) is 12.1 Å². The van der Waals surface area contributed by atoms with Crippen LogP contribution in [0.25, 0.3) is 0 Å². The van der Waals surface area contributed by atoms with Crippen molar-refractivity contribution in [2.24, 2.45) is 0 Å². The second kappa shape index (κ2) is 5.84. The molecule has 0 unspecified atom stereocenters. The van der Waals surface area contributed by atoms with Gasteiger partial charge in [0.2, 0.25) is 0 Å². The first kappa shape index (κ1) is 13.7. The van der Waals surface area contributed by atoms with Crippen LogP contribution in [0.1, 0.15) is 11.1 Å². The number of carbonyl (C=O) groups excluding carboxylic acids is 1. The number of nitrogens with zero attached hydrogens (tertiary/aromatic N) is 1. The second-order valence-corrected chi connectivity index (χ2v) is 3.85. The van der Waals surface area contributed by atoms with Crippen LogP contribution in [-0.2, 0) is 21.8 Å². The fraction of sp³-hybridized carbons (Fsp3) is 0.300. The van der Waals surface area contributed by atoms with E-state index in [4.69, 9.17) is 23.2 Å². The van der Waals surface area contributed by atoms with Gasteiger partial charge in [-0.3, -0.25) is 14.9 Å². The summed E-state index contributed by atoms with van der Waals surface area (Å²) in [5.41, 5.74) is 0.222. The summed E-state index contributed by atoms with van der Waals surface area (Å²) in [6.45, 7) is 0. The minimum Gasteiger partial charge on any atom is -0.469 e. The number of methoxy groups -OCH3 is 1. The highest BCUT2D eigenvalue weighted by Crippen LogP contribution is 2.31. The summed E-state index contributed by atoms with van der Waals surface area (Å²) in [7, 11) is 1.20. The van der Waals surface area contributed by atoms with E-state index in [9.17, 15) is 14.9 Å². The summed E-state index contributed by atoms with van der Waals surface area (Å²) in [4.78, 5) is 21.5. The molecule has 0 radical (unpaired) electrons. The lowest BCUT2D eigenvalue weighted by atomic mass is 10.1. The Morgan fingerprint density at radius 1 is 1.53 bits per heavy atom. The van der Waals surface area contributed by atoms with Crippen LogP contribution in [0, 0.1) is 10.1 Å². The Hall–Kier alpha value is -1.33. The van der Waals surface area contributed by atoms with Crippen LogP contribution in [0.5, 0.6) is 0 Å². The maximum Gasteiger partial charge on any atom is 0.310 e. The lowest BCUT2D eigenvalue weighted by Crippen LogP contribution is -2.08. The van der Waals surface area contributed by atoms with E-state index in [1.807, 2.05) is 0 Å². The minimum absolute atomic E-state index is 0.0261. The van der Waals surface area contributed by atoms with Gasteiger partial charge in [-0.1, -0.05) is 11.6 Å². The number of carbonyl (C=O) groups is 1. The number of rotatable bonds is 4. The predicted molar refractivity (Wildman–Crippen MR) is 63.4 cm³/mol. The van der Waals surface area contributed by atoms with Crippen LogP contribution in [0.3, 0.4) is 0 Å². The van der Waals surface area contributed by atoms with Gasteiger partial charge in [-0.25, -0.2) is 0 Å². The number of nitro groups is 1. The number of ether oxygens (including phenoxy) is 1. The monoisotopic (exact) mass is 277 g/mol. The van der Waals surface area contributed by atoms with Crippen molar-refractivity contribution >= 4 is 34.9 Å². The SMILES string of the molecule is COC(=O)Cc1c(Cl)ccc(CCl)c1[N+](=O)[O-]. The van der Waals surface area contributed by atoms with Crippen molar-refractivity contribution in [2.75, 3.05) is 7.11 Å². The Morgan fingerprint density at radius 3 is 2.65 bits per heavy atom. The highest BCUT2D eigenvalue weighted by Gasteiger charge is 2.24. The molecule has 1 rings (SSSR count). The molecule has 0 saturated carbocycles. The van der Waals surface area contributed by atoms with Gasteiger partial charge in [-0.15, -0.1) is 11.6 Å². The molecule has 5 nitrogen and oxygen atoms in total. The smallest absolute Gasteiger partial charge is 0.310 e. The molecule has 0 spiro atoms. The molecule has 1 aromatic rings. The quantitative estimate of drug-likeness (QED) is 0.367. The van der Waals surface area contributed by atoms with Gasteiger partial charge in [0.15, 0.2) is 0 Å². The predicted octanol–water partition coefficient (Wildman–Crippen LogP) is 2.70. The largest absolute Gasteiger partial charge is 0.469 e. The number of benzene rings is 1. The topological polar surface area (TPSA) is 69.4 Å². The van der Waals surface area contributed by atoms with E-state index in [0.717, 1.165) is 0 Å². The number of halogens is 2. The lowest BCUT2D eigenvalue weighted by molar-refractivity contribution is -0.386. The van der Waals surface area contributed by atoms with E-state index in [1.54, 1.807) is 0 Å². The van der Waals surface area contributed by atoms with E-state index in [0.29, 0.717) is 5.56 Å². The van der Waals surface area contributed by atoms with Crippen LogP contribution in [0.2, 0.25) is 5.02 Å². The summed E-state index contributed by atoms with van der Waals surface area (Å²) >= 11 is 11.5. The highest BCUT2D eigenvalue weighted by molar-refractivity contribution is 6.32. The van der Waals surface area contributed by atoms with Crippen molar-refractivity contribution in [3.63, 3.8) is 0 Å². The molecule has 0 saturated heterocycles. The second-order valence-electron chi connectivity index (χ2n) is 3.18. The summed E-state index contributed by atoms with van der Waals surface area (Å²) in [6, 6.07) is 2.94. The molecule has 0 fully saturated rings. The molecule has 0 aromatic heterocycles. The Morgan fingerprint density at radius 2 is 2.18 bits per heavy atom. The van der Waals surface area contributed by atoms with Gasteiger partial charge in [0, 0.05) is 5.56 Å². The van der Waals surface area contributed by atoms with Crippen LogP contribution >= 0.6 is 23.2 Å². The zero-order valence-corrected chi connectivity index (χ0v) is 10.4. The first-order valence-corrected chi connectivity index (χ1v) is 5.50. The third-order valence-corrected chi connectivity index (χ3v) is 2.83.